The molecule has 1 aromatic rings. The molecule has 0 atom stereocenters. The second kappa shape index (κ2) is 8.84. The SMILES string of the molecule is CCCOc1cc(OC)ccc1CCC(=O)NCC(=O)O. The Hall–Kier alpha value is -2.24. The van der Waals surface area contributed by atoms with Crippen LogP contribution in [0.25, 0.3) is 0 Å². The number of methoxy groups -OCH3 is 1. The summed E-state index contributed by atoms with van der Waals surface area (Å²) in [6.07, 6.45) is 1.58. The van der Waals surface area contributed by atoms with Crippen LogP contribution in [-0.4, -0.2) is 37.2 Å². The highest BCUT2D eigenvalue weighted by Gasteiger charge is 2.09. The average molecular weight is 295 g/mol. The lowest BCUT2D eigenvalue weighted by Crippen LogP contribution is -2.29. The van der Waals surface area contributed by atoms with Gasteiger partial charge in [0.05, 0.1) is 13.7 Å². The maximum Gasteiger partial charge on any atom is 0.322 e. The maximum absolute atomic E-state index is 11.5. The molecule has 6 heteroatoms. The number of carbonyl (C=O) groups is 2. The van der Waals surface area contributed by atoms with Gasteiger partial charge in [-0.1, -0.05) is 13.0 Å². The van der Waals surface area contributed by atoms with Gasteiger partial charge in [-0.15, -0.1) is 0 Å². The molecule has 0 fully saturated rings. The Labute approximate surface area is 124 Å². The van der Waals surface area contributed by atoms with Crippen LogP contribution in [0.1, 0.15) is 25.3 Å². The summed E-state index contributed by atoms with van der Waals surface area (Å²) in [6, 6.07) is 5.46. The first-order valence-electron chi connectivity index (χ1n) is 6.85. The number of nitrogens with one attached hydrogen (secondary N) is 1. The predicted octanol–water partition coefficient (Wildman–Crippen LogP) is 1.62. The number of hydrogen-bond acceptors (Lipinski definition) is 4. The van der Waals surface area contributed by atoms with E-state index in [0.29, 0.717) is 24.5 Å². The molecule has 0 spiro atoms. The van der Waals surface area contributed by atoms with Gasteiger partial charge >= 0.3 is 5.97 Å². The highest BCUT2D eigenvalue weighted by Crippen LogP contribution is 2.26. The molecule has 0 aromatic heterocycles. The van der Waals surface area contributed by atoms with Gasteiger partial charge in [-0.3, -0.25) is 9.59 Å². The van der Waals surface area contributed by atoms with Crippen molar-refractivity contribution in [1.29, 1.82) is 0 Å². The molecule has 0 aliphatic heterocycles. The number of carboxylic acid groups (broad SMARTS) is 1. The average Bonchev–Trinajstić information content (AvgIpc) is 2.49. The Bertz CT molecular complexity index is 487. The molecule has 2 N–H and O–H groups in total. The molecule has 0 bridgehead atoms. The Morgan fingerprint density at radius 3 is 2.71 bits per heavy atom. The molecule has 116 valence electrons. The van der Waals surface area contributed by atoms with Crippen LogP contribution in [0.5, 0.6) is 11.5 Å². The molecule has 1 rings (SSSR count). The van der Waals surface area contributed by atoms with Gasteiger partial charge in [0, 0.05) is 12.5 Å². The molecule has 0 radical (unpaired) electrons. The number of ether oxygens (including phenoxy) is 2. The Morgan fingerprint density at radius 2 is 2.10 bits per heavy atom. The van der Waals surface area contributed by atoms with Crippen molar-refractivity contribution < 1.29 is 24.2 Å². The van der Waals surface area contributed by atoms with Crippen molar-refractivity contribution in [2.75, 3.05) is 20.3 Å². The minimum atomic E-state index is -1.06. The number of aliphatic carboxylic acids is 1. The van der Waals surface area contributed by atoms with E-state index < -0.39 is 5.97 Å². The zero-order valence-corrected chi connectivity index (χ0v) is 12.3. The van der Waals surface area contributed by atoms with Crippen LogP contribution in [0, 0.1) is 0 Å². The second-order valence-corrected chi connectivity index (χ2v) is 4.49. The minimum Gasteiger partial charge on any atom is -0.497 e. The Balaban J connectivity index is 2.63. The molecule has 0 aliphatic carbocycles. The van der Waals surface area contributed by atoms with Gasteiger partial charge in [-0.2, -0.15) is 0 Å². The van der Waals surface area contributed by atoms with E-state index in [-0.39, 0.29) is 18.9 Å². The molecule has 21 heavy (non-hydrogen) atoms. The first-order chi connectivity index (χ1) is 10.1. The van der Waals surface area contributed by atoms with E-state index in [4.69, 9.17) is 14.6 Å². The van der Waals surface area contributed by atoms with Crippen molar-refractivity contribution in [2.24, 2.45) is 0 Å². The van der Waals surface area contributed by atoms with E-state index in [9.17, 15) is 9.59 Å². The number of carbonyl (C=O) groups excluding carboxylic acids is 1. The van der Waals surface area contributed by atoms with Gasteiger partial charge in [0.25, 0.3) is 0 Å². The highest BCUT2D eigenvalue weighted by atomic mass is 16.5. The van der Waals surface area contributed by atoms with Crippen LogP contribution in [0.2, 0.25) is 0 Å². The largest absolute Gasteiger partial charge is 0.497 e. The van der Waals surface area contributed by atoms with Crippen molar-refractivity contribution >= 4 is 11.9 Å². The van der Waals surface area contributed by atoms with E-state index in [1.807, 2.05) is 19.1 Å². The minimum absolute atomic E-state index is 0.210. The summed E-state index contributed by atoms with van der Waals surface area (Å²) in [6.45, 7) is 2.24. The molecular weight excluding hydrogens is 274 g/mol. The molecule has 6 nitrogen and oxygen atoms in total. The first-order valence-corrected chi connectivity index (χ1v) is 6.85. The fourth-order valence-electron chi connectivity index (χ4n) is 1.73. The van der Waals surface area contributed by atoms with E-state index in [1.165, 1.54) is 0 Å². The molecule has 1 aromatic carbocycles. The van der Waals surface area contributed by atoms with Crippen LogP contribution >= 0.6 is 0 Å². The second-order valence-electron chi connectivity index (χ2n) is 4.49. The van der Waals surface area contributed by atoms with Gasteiger partial charge in [0.15, 0.2) is 0 Å². The Kier molecular flexibility index (Phi) is 7.08. The monoisotopic (exact) mass is 295 g/mol. The highest BCUT2D eigenvalue weighted by molar-refractivity contribution is 5.81. The molecule has 0 heterocycles. The van der Waals surface area contributed by atoms with Crippen molar-refractivity contribution in [3.05, 3.63) is 23.8 Å². The molecule has 0 saturated carbocycles. The molecule has 0 unspecified atom stereocenters. The maximum atomic E-state index is 11.5. The van der Waals surface area contributed by atoms with Crippen molar-refractivity contribution in [3.8, 4) is 11.5 Å². The summed E-state index contributed by atoms with van der Waals surface area (Å²) in [5.74, 6) is 0.0387. The van der Waals surface area contributed by atoms with Gasteiger partial charge in [0.2, 0.25) is 5.91 Å². The van der Waals surface area contributed by atoms with Crippen LogP contribution < -0.4 is 14.8 Å². The fraction of sp³-hybridized carbons (Fsp3) is 0.467. The number of benzene rings is 1. The molecule has 1 amide bonds. The van der Waals surface area contributed by atoms with Crippen LogP contribution in [0.4, 0.5) is 0 Å². The van der Waals surface area contributed by atoms with E-state index >= 15 is 0 Å². The van der Waals surface area contributed by atoms with Gasteiger partial charge in [0.1, 0.15) is 18.0 Å². The third-order valence-corrected chi connectivity index (χ3v) is 2.79. The van der Waals surface area contributed by atoms with E-state index in [1.54, 1.807) is 13.2 Å². The summed E-state index contributed by atoms with van der Waals surface area (Å²) in [4.78, 5) is 21.9. The number of aryl methyl sites for hydroxylation is 1. The summed E-state index contributed by atoms with van der Waals surface area (Å²) >= 11 is 0. The van der Waals surface area contributed by atoms with Crippen molar-refractivity contribution in [1.82, 2.24) is 5.32 Å². The van der Waals surface area contributed by atoms with Crippen LogP contribution in [-0.2, 0) is 16.0 Å². The number of rotatable bonds is 9. The first kappa shape index (κ1) is 16.8. The zero-order chi connectivity index (χ0) is 15.7. The summed E-state index contributed by atoms with van der Waals surface area (Å²) in [5, 5.41) is 10.8. The zero-order valence-electron chi connectivity index (χ0n) is 12.3. The molecular formula is C15H21NO5. The quantitative estimate of drug-likeness (QED) is 0.723. The Morgan fingerprint density at radius 1 is 1.33 bits per heavy atom. The summed E-state index contributed by atoms with van der Waals surface area (Å²) in [5.41, 5.74) is 0.898. The van der Waals surface area contributed by atoms with E-state index in [2.05, 4.69) is 5.32 Å². The van der Waals surface area contributed by atoms with Gasteiger partial charge in [-0.05, 0) is 24.5 Å². The molecule has 0 saturated heterocycles. The smallest absolute Gasteiger partial charge is 0.322 e. The lowest BCUT2D eigenvalue weighted by molar-refractivity contribution is -0.137. The van der Waals surface area contributed by atoms with E-state index in [0.717, 1.165) is 12.0 Å². The van der Waals surface area contributed by atoms with Crippen LogP contribution in [0.15, 0.2) is 18.2 Å². The van der Waals surface area contributed by atoms with Crippen LogP contribution in [0.3, 0.4) is 0 Å². The predicted molar refractivity (Wildman–Crippen MR) is 77.7 cm³/mol. The lowest BCUT2D eigenvalue weighted by atomic mass is 10.1. The number of hydrogen-bond donors (Lipinski definition) is 2. The summed E-state index contributed by atoms with van der Waals surface area (Å²) < 4.78 is 10.8. The number of carboxylic acids is 1. The third kappa shape index (κ3) is 6.16. The normalized spacial score (nSPS) is 10.0. The standard InChI is InChI=1S/C15H21NO5/c1-3-8-21-13-9-12(20-2)6-4-11(13)5-7-14(17)16-10-15(18)19/h4,6,9H,3,5,7-8,10H2,1-2H3,(H,16,17)(H,18,19). The molecule has 0 aliphatic rings. The fourth-order valence-corrected chi connectivity index (χ4v) is 1.73. The third-order valence-electron chi connectivity index (χ3n) is 2.79. The van der Waals surface area contributed by atoms with Crippen molar-refractivity contribution in [2.45, 2.75) is 26.2 Å². The van der Waals surface area contributed by atoms with Gasteiger partial charge < -0.3 is 19.9 Å². The summed E-state index contributed by atoms with van der Waals surface area (Å²) in [7, 11) is 1.58. The topological polar surface area (TPSA) is 84.9 Å². The lowest BCUT2D eigenvalue weighted by Gasteiger charge is -2.12. The number of amides is 1. The van der Waals surface area contributed by atoms with Crippen molar-refractivity contribution in [3.63, 3.8) is 0 Å². The van der Waals surface area contributed by atoms with Gasteiger partial charge in [-0.25, -0.2) is 0 Å².